The zero-order valence-corrected chi connectivity index (χ0v) is 26.1. The fourth-order valence-electron chi connectivity index (χ4n) is 7.59. The van der Waals surface area contributed by atoms with E-state index in [0.29, 0.717) is 18.7 Å². The minimum Gasteiger partial charge on any atom is -0.494 e. The first-order valence-electron chi connectivity index (χ1n) is 15.0. The number of carbonyl (C=O) groups is 3. The Morgan fingerprint density at radius 3 is 2.48 bits per heavy atom. The lowest BCUT2D eigenvalue weighted by Crippen LogP contribution is -2.57. The molecule has 7 atom stereocenters. The molecule has 4 aliphatic rings. The van der Waals surface area contributed by atoms with Crippen LogP contribution in [0.25, 0.3) is 0 Å². The third-order valence-electron chi connectivity index (χ3n) is 9.36. The molecule has 1 spiro atoms. The van der Waals surface area contributed by atoms with Gasteiger partial charge in [-0.1, -0.05) is 65.5 Å². The van der Waals surface area contributed by atoms with Crippen LogP contribution in [0.2, 0.25) is 0 Å². The average Bonchev–Trinajstić information content (AvgIpc) is 3.59. The number of carbonyl (C=O) groups excluding carboxylic acids is 3. The summed E-state index contributed by atoms with van der Waals surface area (Å²) in [4.78, 5) is 44.4. The van der Waals surface area contributed by atoms with E-state index in [2.05, 4.69) is 26.6 Å². The van der Waals surface area contributed by atoms with Crippen molar-refractivity contribution >= 4 is 51.1 Å². The molecule has 3 heterocycles. The number of fused-ring (bicyclic) bond motifs is 1. The molecule has 3 amide bonds. The Bertz CT molecular complexity index is 1310. The summed E-state index contributed by atoms with van der Waals surface area (Å²) in [5.41, 5.74) is 1.40. The third kappa shape index (κ3) is 5.13. The molecule has 3 aliphatic heterocycles. The summed E-state index contributed by atoms with van der Waals surface area (Å²) in [6.07, 6.45) is 5.76. The van der Waals surface area contributed by atoms with E-state index in [-0.39, 0.29) is 40.4 Å². The maximum absolute atomic E-state index is 14.6. The largest absolute Gasteiger partial charge is 0.494 e. The Labute approximate surface area is 259 Å². The number of nitrogens with zero attached hydrogens (tertiary/aromatic N) is 1. The number of alkyl halides is 1. The highest BCUT2D eigenvalue weighted by atomic mass is 79.9. The molecule has 42 heavy (non-hydrogen) atoms. The number of hydrogen-bond donors (Lipinski definition) is 3. The van der Waals surface area contributed by atoms with Gasteiger partial charge in [-0.2, -0.15) is 0 Å². The van der Waals surface area contributed by atoms with Gasteiger partial charge in [0.2, 0.25) is 17.7 Å². The quantitative estimate of drug-likeness (QED) is 0.339. The molecule has 3 saturated heterocycles. The molecular weight excluding hydrogens is 618 g/mol. The summed E-state index contributed by atoms with van der Waals surface area (Å²) in [6.45, 7) is 2.15. The van der Waals surface area contributed by atoms with Gasteiger partial charge in [-0.15, -0.1) is 11.8 Å². The normalized spacial score (nSPS) is 31.1. The van der Waals surface area contributed by atoms with Crippen molar-refractivity contribution < 1.29 is 24.2 Å². The molecule has 8 nitrogen and oxygen atoms in total. The number of anilines is 1. The van der Waals surface area contributed by atoms with E-state index in [1.165, 1.54) is 6.42 Å². The van der Waals surface area contributed by atoms with Gasteiger partial charge in [0, 0.05) is 21.8 Å². The second kappa shape index (κ2) is 12.2. The third-order valence-corrected chi connectivity index (χ3v) is 12.6. The minimum atomic E-state index is -0.799. The Kier molecular flexibility index (Phi) is 8.58. The molecule has 3 unspecified atom stereocenters. The molecule has 10 heteroatoms. The molecular formula is C32H38BrN3O5S. The van der Waals surface area contributed by atoms with Gasteiger partial charge < -0.3 is 25.4 Å². The van der Waals surface area contributed by atoms with Gasteiger partial charge in [-0.25, -0.2) is 0 Å². The van der Waals surface area contributed by atoms with E-state index in [9.17, 15) is 19.5 Å². The number of aliphatic hydroxyl groups excluding tert-OH is 1. The molecule has 224 valence electrons. The lowest BCUT2D eigenvalue weighted by molar-refractivity contribution is -0.142. The number of amides is 3. The van der Waals surface area contributed by atoms with Crippen molar-refractivity contribution in [2.24, 2.45) is 11.8 Å². The van der Waals surface area contributed by atoms with Crippen molar-refractivity contribution in [2.45, 2.75) is 78.4 Å². The lowest BCUT2D eigenvalue weighted by atomic mass is 9.70. The first-order chi connectivity index (χ1) is 20.4. The van der Waals surface area contributed by atoms with Crippen LogP contribution in [0.5, 0.6) is 5.75 Å². The van der Waals surface area contributed by atoms with E-state index in [1.807, 2.05) is 49.4 Å². The molecule has 3 N–H and O–H groups in total. The SMILES string of the molecule is CCOc1ccc(NC(=O)[C@H]2[C@H]3C(=O)N([C@H](CO)c4ccccc4)C(C(=O)NC4CCCCC4)C34CC(Br)[C@@H]2S4)cc1. The minimum absolute atomic E-state index is 0.0307. The molecule has 4 fully saturated rings. The fraction of sp³-hybridized carbons (Fsp3) is 0.531. The van der Waals surface area contributed by atoms with E-state index >= 15 is 0 Å². The van der Waals surface area contributed by atoms with Crippen molar-refractivity contribution in [3.8, 4) is 5.75 Å². The molecule has 0 aromatic heterocycles. The van der Waals surface area contributed by atoms with Crippen molar-refractivity contribution in [3.05, 3.63) is 60.2 Å². The van der Waals surface area contributed by atoms with Crippen LogP contribution in [0.15, 0.2) is 54.6 Å². The number of hydrogen-bond acceptors (Lipinski definition) is 6. The maximum atomic E-state index is 14.6. The van der Waals surface area contributed by atoms with E-state index in [4.69, 9.17) is 4.74 Å². The van der Waals surface area contributed by atoms with Crippen LogP contribution in [0.3, 0.4) is 0 Å². The van der Waals surface area contributed by atoms with E-state index < -0.39 is 28.7 Å². The van der Waals surface area contributed by atoms with Crippen LogP contribution < -0.4 is 15.4 Å². The summed E-state index contributed by atoms with van der Waals surface area (Å²) >= 11 is 5.44. The second-order valence-corrected chi connectivity index (χ2v) is 14.5. The summed E-state index contributed by atoms with van der Waals surface area (Å²) < 4.78 is 4.75. The number of benzene rings is 2. The van der Waals surface area contributed by atoms with Gasteiger partial charge in [-0.3, -0.25) is 14.4 Å². The van der Waals surface area contributed by atoms with Gasteiger partial charge in [-0.05, 0) is 56.0 Å². The Balaban J connectivity index is 1.35. The Hall–Kier alpha value is -2.56. The predicted molar refractivity (Wildman–Crippen MR) is 167 cm³/mol. The maximum Gasteiger partial charge on any atom is 0.244 e. The number of aliphatic hydroxyl groups is 1. The first kappa shape index (κ1) is 29.5. The van der Waals surface area contributed by atoms with Gasteiger partial charge in [0.1, 0.15) is 11.8 Å². The van der Waals surface area contributed by atoms with Gasteiger partial charge >= 0.3 is 0 Å². The van der Waals surface area contributed by atoms with Crippen LogP contribution >= 0.6 is 27.7 Å². The van der Waals surface area contributed by atoms with Crippen LogP contribution in [-0.4, -0.2) is 67.8 Å². The molecule has 1 saturated carbocycles. The van der Waals surface area contributed by atoms with Crippen molar-refractivity contribution in [2.75, 3.05) is 18.5 Å². The Morgan fingerprint density at radius 2 is 1.81 bits per heavy atom. The summed E-state index contributed by atoms with van der Waals surface area (Å²) in [7, 11) is 0. The number of nitrogens with one attached hydrogen (secondary N) is 2. The summed E-state index contributed by atoms with van der Waals surface area (Å²) in [6, 6.07) is 15.2. The van der Waals surface area contributed by atoms with E-state index in [1.54, 1.807) is 28.8 Å². The number of ether oxygens (including phenoxy) is 1. The number of rotatable bonds is 9. The predicted octanol–water partition coefficient (Wildman–Crippen LogP) is 4.67. The standard InChI is InChI=1S/C32H38BrN3O5S/c1-2-41-22-15-13-21(14-16-22)34-29(38)25-26-31(40)36(24(18-37)19-9-5-3-6-10-19)28(32(26)17-23(33)27(25)42-32)30(39)35-20-11-7-4-8-12-20/h3,5-6,9-10,13-16,20,23-28,37H,2,4,7-8,11-12,17-18H2,1H3,(H,34,38)(H,35,39)/t23?,24-,25+,26+,27+,28?,32?/m1/s1. The molecule has 2 aromatic rings. The zero-order valence-electron chi connectivity index (χ0n) is 23.7. The van der Waals surface area contributed by atoms with Gasteiger partial charge in [0.25, 0.3) is 0 Å². The fourth-order valence-corrected chi connectivity index (χ4v) is 11.2. The molecule has 2 bridgehead atoms. The van der Waals surface area contributed by atoms with E-state index in [0.717, 1.165) is 37.0 Å². The molecule has 2 aromatic carbocycles. The zero-order chi connectivity index (χ0) is 29.4. The lowest BCUT2D eigenvalue weighted by Gasteiger charge is -2.38. The second-order valence-electron chi connectivity index (χ2n) is 11.8. The van der Waals surface area contributed by atoms with Crippen molar-refractivity contribution in [1.29, 1.82) is 0 Å². The highest BCUT2D eigenvalue weighted by Gasteiger charge is 2.76. The number of thioether (sulfide) groups is 1. The topological polar surface area (TPSA) is 108 Å². The number of halogens is 1. The first-order valence-corrected chi connectivity index (χ1v) is 16.8. The van der Waals surface area contributed by atoms with Crippen molar-refractivity contribution in [1.82, 2.24) is 10.2 Å². The van der Waals surface area contributed by atoms with Crippen LogP contribution in [-0.2, 0) is 14.4 Å². The summed E-state index contributed by atoms with van der Waals surface area (Å²) in [5.74, 6) is -1.22. The molecule has 0 radical (unpaired) electrons. The van der Waals surface area contributed by atoms with Crippen LogP contribution in [0.1, 0.15) is 57.1 Å². The molecule has 6 rings (SSSR count). The van der Waals surface area contributed by atoms with Crippen LogP contribution in [0.4, 0.5) is 5.69 Å². The van der Waals surface area contributed by atoms with Gasteiger partial charge in [0.05, 0.1) is 35.8 Å². The molecule has 1 aliphatic carbocycles. The highest BCUT2D eigenvalue weighted by molar-refractivity contribution is 9.09. The summed E-state index contributed by atoms with van der Waals surface area (Å²) in [5, 5.41) is 16.8. The van der Waals surface area contributed by atoms with Gasteiger partial charge in [0.15, 0.2) is 0 Å². The smallest absolute Gasteiger partial charge is 0.244 e. The monoisotopic (exact) mass is 655 g/mol. The highest BCUT2D eigenvalue weighted by Crippen LogP contribution is 2.68. The Morgan fingerprint density at radius 1 is 1.10 bits per heavy atom. The average molecular weight is 657 g/mol. The van der Waals surface area contributed by atoms with Crippen molar-refractivity contribution in [3.63, 3.8) is 0 Å². The number of likely N-dealkylation sites (tertiary alicyclic amines) is 1. The van der Waals surface area contributed by atoms with Crippen LogP contribution in [0, 0.1) is 11.8 Å².